The van der Waals surface area contributed by atoms with Crippen molar-refractivity contribution in [2.24, 2.45) is 0 Å². The summed E-state index contributed by atoms with van der Waals surface area (Å²) in [6.07, 6.45) is 7.26. The number of carbonyl (C=O) groups is 1. The number of ether oxygens (including phenoxy) is 1. The molecule has 0 saturated heterocycles. The van der Waals surface area contributed by atoms with Gasteiger partial charge in [0.15, 0.2) is 6.61 Å². The fourth-order valence-corrected chi connectivity index (χ4v) is 4.03. The first kappa shape index (κ1) is 17.5. The summed E-state index contributed by atoms with van der Waals surface area (Å²) in [4.78, 5) is 20.0. The van der Waals surface area contributed by atoms with Crippen molar-refractivity contribution < 1.29 is 14.6 Å². The number of aromatic nitrogens is 1. The van der Waals surface area contributed by atoms with Crippen LogP contribution >= 0.6 is 11.3 Å². The van der Waals surface area contributed by atoms with Gasteiger partial charge in [0.25, 0.3) is 0 Å². The van der Waals surface area contributed by atoms with E-state index in [1.54, 1.807) is 6.07 Å². The van der Waals surface area contributed by atoms with E-state index in [1.807, 2.05) is 31.1 Å². The van der Waals surface area contributed by atoms with Gasteiger partial charge in [-0.2, -0.15) is 0 Å². The highest BCUT2D eigenvalue weighted by Crippen LogP contribution is 2.39. The molecule has 3 rings (SSSR count). The van der Waals surface area contributed by atoms with Crippen molar-refractivity contribution >= 4 is 23.0 Å². The lowest BCUT2D eigenvalue weighted by Crippen LogP contribution is -2.12. The molecule has 0 spiro atoms. The molecule has 0 fully saturated rings. The minimum atomic E-state index is -0.467. The molecule has 1 atom stereocenters. The molecule has 1 aromatic heterocycles. The quantitative estimate of drug-likeness (QED) is 0.674. The van der Waals surface area contributed by atoms with Crippen molar-refractivity contribution in [1.82, 2.24) is 4.98 Å². The molecular formula is C19H20N2O3S. The number of hydrogen-bond acceptors (Lipinski definition) is 6. The summed E-state index contributed by atoms with van der Waals surface area (Å²) in [5, 5.41) is 10.9. The van der Waals surface area contributed by atoms with Gasteiger partial charge >= 0.3 is 5.97 Å². The zero-order valence-corrected chi connectivity index (χ0v) is 15.1. The van der Waals surface area contributed by atoms with E-state index in [0.717, 1.165) is 40.5 Å². The number of carbonyl (C=O) groups excluding carboxylic acids is 1. The molecule has 0 bridgehead atoms. The summed E-state index contributed by atoms with van der Waals surface area (Å²) in [5.41, 5.74) is 2.96. The van der Waals surface area contributed by atoms with Crippen molar-refractivity contribution in [1.29, 1.82) is 0 Å². The van der Waals surface area contributed by atoms with E-state index in [4.69, 9.17) is 11.2 Å². The van der Waals surface area contributed by atoms with Gasteiger partial charge in [-0.1, -0.05) is 5.92 Å². The van der Waals surface area contributed by atoms with E-state index in [0.29, 0.717) is 11.1 Å². The predicted octanol–water partition coefficient (Wildman–Crippen LogP) is 3.04. The van der Waals surface area contributed by atoms with Crippen LogP contribution in [0.5, 0.6) is 0 Å². The summed E-state index contributed by atoms with van der Waals surface area (Å²) in [7, 11) is 3.81. The van der Waals surface area contributed by atoms with Crippen LogP contribution < -0.4 is 4.90 Å². The average Bonchev–Trinajstić information content (AvgIpc) is 3.04. The molecule has 0 aliphatic heterocycles. The Morgan fingerprint density at radius 2 is 2.32 bits per heavy atom. The molecule has 1 unspecified atom stereocenters. The zero-order chi connectivity index (χ0) is 18.0. The highest BCUT2D eigenvalue weighted by Gasteiger charge is 2.25. The van der Waals surface area contributed by atoms with Gasteiger partial charge in [-0.25, -0.2) is 9.78 Å². The summed E-state index contributed by atoms with van der Waals surface area (Å²) < 4.78 is 5.13. The lowest BCUT2D eigenvalue weighted by atomic mass is 10.0. The van der Waals surface area contributed by atoms with Crippen LogP contribution in [0.25, 0.3) is 10.6 Å². The molecule has 1 heterocycles. The minimum absolute atomic E-state index is 0.0719. The Morgan fingerprint density at radius 1 is 1.52 bits per heavy atom. The second kappa shape index (κ2) is 7.26. The Bertz CT molecular complexity index is 836. The molecule has 1 aromatic carbocycles. The molecule has 0 saturated carbocycles. The van der Waals surface area contributed by atoms with Crippen LogP contribution in [-0.4, -0.2) is 36.8 Å². The summed E-state index contributed by atoms with van der Waals surface area (Å²) >= 11 is 1.44. The van der Waals surface area contributed by atoms with Crippen LogP contribution in [0.2, 0.25) is 0 Å². The first-order chi connectivity index (χ1) is 12.0. The van der Waals surface area contributed by atoms with Gasteiger partial charge < -0.3 is 14.7 Å². The van der Waals surface area contributed by atoms with Gasteiger partial charge in [-0.15, -0.1) is 17.8 Å². The van der Waals surface area contributed by atoms with Crippen molar-refractivity contribution in [3.63, 3.8) is 0 Å². The third-order valence-electron chi connectivity index (χ3n) is 4.18. The van der Waals surface area contributed by atoms with Crippen LogP contribution in [-0.2, 0) is 11.2 Å². The number of benzene rings is 1. The number of anilines is 1. The van der Waals surface area contributed by atoms with Crippen molar-refractivity contribution in [2.45, 2.75) is 25.4 Å². The number of esters is 1. The van der Waals surface area contributed by atoms with E-state index >= 15 is 0 Å². The van der Waals surface area contributed by atoms with E-state index in [1.165, 1.54) is 11.3 Å². The van der Waals surface area contributed by atoms with Gasteiger partial charge in [0.1, 0.15) is 5.01 Å². The summed E-state index contributed by atoms with van der Waals surface area (Å²) in [6, 6.07) is 5.59. The minimum Gasteiger partial charge on any atom is -0.449 e. The maximum absolute atomic E-state index is 12.5. The maximum atomic E-state index is 12.5. The molecule has 1 N–H and O–H groups in total. The van der Waals surface area contributed by atoms with Crippen molar-refractivity contribution in [3.8, 4) is 22.9 Å². The van der Waals surface area contributed by atoms with Crippen LogP contribution in [0.3, 0.4) is 0 Å². The number of nitrogens with zero attached hydrogens (tertiary/aromatic N) is 2. The maximum Gasteiger partial charge on any atom is 0.339 e. The molecular weight excluding hydrogens is 336 g/mol. The van der Waals surface area contributed by atoms with Crippen LogP contribution in [0, 0.1) is 12.3 Å². The van der Waals surface area contributed by atoms with E-state index < -0.39 is 12.1 Å². The summed E-state index contributed by atoms with van der Waals surface area (Å²) in [5.74, 6) is 1.84. The number of aliphatic hydroxyl groups excluding tert-OH is 1. The number of aliphatic hydroxyl groups is 1. The Kier molecular flexibility index (Phi) is 5.07. The molecule has 5 nitrogen and oxygen atoms in total. The smallest absolute Gasteiger partial charge is 0.339 e. The lowest BCUT2D eigenvalue weighted by molar-refractivity contribution is 0.0557. The molecule has 25 heavy (non-hydrogen) atoms. The fourth-order valence-electron chi connectivity index (χ4n) is 2.86. The number of fused-ring (bicyclic) bond motifs is 1. The zero-order valence-electron chi connectivity index (χ0n) is 14.3. The normalized spacial score (nSPS) is 16.0. The Hall–Kier alpha value is -2.36. The number of terminal acetylenes is 1. The molecule has 1 aliphatic rings. The van der Waals surface area contributed by atoms with E-state index in [-0.39, 0.29) is 6.61 Å². The van der Waals surface area contributed by atoms with Gasteiger partial charge in [-0.05, 0) is 37.5 Å². The van der Waals surface area contributed by atoms with Crippen LogP contribution in [0.4, 0.5) is 5.69 Å². The molecule has 2 aromatic rings. The molecule has 0 amide bonds. The van der Waals surface area contributed by atoms with Crippen LogP contribution in [0.1, 0.15) is 39.9 Å². The fraction of sp³-hybridized carbons (Fsp3) is 0.368. The standard InChI is InChI=1S/C19H20N2O3S/c1-4-10-24-19(23)14-11-12(21(2)3)8-9-13(14)18-20-15-6-5-7-16(22)17(15)25-18/h1,8-9,11,16,22H,5-7,10H2,2-3H3. The molecule has 130 valence electrons. The first-order valence-electron chi connectivity index (χ1n) is 8.11. The number of hydrogen-bond donors (Lipinski definition) is 1. The van der Waals surface area contributed by atoms with Gasteiger partial charge in [0.2, 0.25) is 0 Å². The predicted molar refractivity (Wildman–Crippen MR) is 98.9 cm³/mol. The lowest BCUT2D eigenvalue weighted by Gasteiger charge is -2.15. The Balaban J connectivity index is 2.06. The van der Waals surface area contributed by atoms with Gasteiger partial charge in [0.05, 0.1) is 22.2 Å². The Morgan fingerprint density at radius 3 is 3.00 bits per heavy atom. The topological polar surface area (TPSA) is 62.7 Å². The largest absolute Gasteiger partial charge is 0.449 e. The molecule has 0 radical (unpaired) electrons. The number of thiazole rings is 1. The van der Waals surface area contributed by atoms with Crippen LogP contribution in [0.15, 0.2) is 18.2 Å². The first-order valence-corrected chi connectivity index (χ1v) is 8.93. The van der Waals surface area contributed by atoms with Gasteiger partial charge in [0, 0.05) is 25.3 Å². The van der Waals surface area contributed by atoms with E-state index in [2.05, 4.69) is 10.9 Å². The SMILES string of the molecule is C#CCOC(=O)c1cc(N(C)C)ccc1-c1nc2c(s1)C(O)CCC2. The number of rotatable bonds is 4. The average molecular weight is 356 g/mol. The number of aryl methyl sites for hydroxylation is 1. The molecule has 1 aliphatic carbocycles. The van der Waals surface area contributed by atoms with Gasteiger partial charge in [-0.3, -0.25) is 0 Å². The van der Waals surface area contributed by atoms with Crippen molar-refractivity contribution in [2.75, 3.05) is 25.6 Å². The summed E-state index contributed by atoms with van der Waals surface area (Å²) in [6.45, 7) is -0.0719. The van der Waals surface area contributed by atoms with Crippen molar-refractivity contribution in [3.05, 3.63) is 34.3 Å². The highest BCUT2D eigenvalue weighted by molar-refractivity contribution is 7.15. The second-order valence-corrected chi connectivity index (χ2v) is 7.17. The Labute approximate surface area is 151 Å². The third-order valence-corrected chi connectivity index (χ3v) is 5.41. The monoisotopic (exact) mass is 356 g/mol. The third kappa shape index (κ3) is 3.53. The highest BCUT2D eigenvalue weighted by atomic mass is 32.1. The van der Waals surface area contributed by atoms with E-state index in [9.17, 15) is 9.90 Å². The second-order valence-electron chi connectivity index (χ2n) is 6.14. The molecule has 6 heteroatoms.